The first-order valence-electron chi connectivity index (χ1n) is 14.0. The molecule has 3 atom stereocenters. The molecule has 5 nitrogen and oxygen atoms in total. The summed E-state index contributed by atoms with van der Waals surface area (Å²) in [7, 11) is 0. The van der Waals surface area contributed by atoms with Gasteiger partial charge in [0.1, 0.15) is 17.2 Å². The Morgan fingerprint density at radius 2 is 1.61 bits per heavy atom. The average molecular weight is 554 g/mol. The predicted octanol–water partition coefficient (Wildman–Crippen LogP) is 7.63. The van der Waals surface area contributed by atoms with E-state index in [1.54, 1.807) is 36.4 Å². The van der Waals surface area contributed by atoms with Crippen LogP contribution in [0.15, 0.2) is 84.9 Å². The zero-order chi connectivity index (χ0) is 28.1. The molecule has 3 heterocycles. The number of alkyl halides is 2. The number of hydrogen-bond acceptors (Lipinski definition) is 5. The fourth-order valence-electron chi connectivity index (χ4n) is 6.60. The molecular formula is C34H29F2NO4. The summed E-state index contributed by atoms with van der Waals surface area (Å²) < 4.78 is 48.3. The van der Waals surface area contributed by atoms with Crippen molar-refractivity contribution in [3.05, 3.63) is 113 Å². The first-order chi connectivity index (χ1) is 20.0. The summed E-state index contributed by atoms with van der Waals surface area (Å²) in [5, 5.41) is 3.45. The largest absolute Gasteiger partial charge is 0.490 e. The molecule has 0 amide bonds. The minimum atomic E-state index is -2.81. The van der Waals surface area contributed by atoms with Crippen LogP contribution in [0.3, 0.4) is 0 Å². The van der Waals surface area contributed by atoms with Gasteiger partial charge in [-0.25, -0.2) is 13.6 Å². The van der Waals surface area contributed by atoms with Crippen LogP contribution in [0.1, 0.15) is 58.8 Å². The quantitative estimate of drug-likeness (QED) is 0.258. The normalized spacial score (nSPS) is 21.5. The van der Waals surface area contributed by atoms with Gasteiger partial charge in [0.2, 0.25) is 0 Å². The molecule has 1 spiro atoms. The molecule has 3 aliphatic rings. The minimum Gasteiger partial charge on any atom is -0.490 e. The number of rotatable bonds is 5. The van der Waals surface area contributed by atoms with Gasteiger partial charge in [0.05, 0.1) is 17.2 Å². The SMILES string of the molecule is C[C@H](Oc1ccccc1-c1cccc2c1[C@]1(OC2=O)c2ccccc2Oc2cccc(C(F)F)c21)[C@H]1CCCNC1. The summed E-state index contributed by atoms with van der Waals surface area (Å²) in [4.78, 5) is 13.6. The molecule has 0 bridgehead atoms. The van der Waals surface area contributed by atoms with Gasteiger partial charge < -0.3 is 19.5 Å². The zero-order valence-electron chi connectivity index (χ0n) is 22.5. The highest BCUT2D eigenvalue weighted by Crippen LogP contribution is 2.60. The van der Waals surface area contributed by atoms with Crippen LogP contribution in [0.4, 0.5) is 8.78 Å². The van der Waals surface area contributed by atoms with Gasteiger partial charge in [-0.3, -0.25) is 0 Å². The summed E-state index contributed by atoms with van der Waals surface area (Å²) >= 11 is 0. The van der Waals surface area contributed by atoms with E-state index in [2.05, 4.69) is 12.2 Å². The summed E-state index contributed by atoms with van der Waals surface area (Å²) in [6.45, 7) is 3.98. The van der Waals surface area contributed by atoms with E-state index in [0.717, 1.165) is 31.5 Å². The molecule has 4 aromatic rings. The number of para-hydroxylation sites is 2. The lowest BCUT2D eigenvalue weighted by Gasteiger charge is -2.38. The highest BCUT2D eigenvalue weighted by Gasteiger charge is 2.56. The summed E-state index contributed by atoms with van der Waals surface area (Å²) in [5.41, 5.74) is 1.06. The lowest BCUT2D eigenvalue weighted by molar-refractivity contribution is 0.0208. The Kier molecular flexibility index (Phi) is 6.27. The van der Waals surface area contributed by atoms with Crippen molar-refractivity contribution in [3.63, 3.8) is 0 Å². The van der Waals surface area contributed by atoms with E-state index in [1.165, 1.54) is 12.1 Å². The molecule has 0 aromatic heterocycles. The van der Waals surface area contributed by atoms with Gasteiger partial charge >= 0.3 is 5.97 Å². The van der Waals surface area contributed by atoms with Gasteiger partial charge in [-0.15, -0.1) is 0 Å². The van der Waals surface area contributed by atoms with E-state index in [0.29, 0.717) is 39.7 Å². The number of carbonyl (C=O) groups excluding carboxylic acids is 1. The molecule has 0 unspecified atom stereocenters. The molecule has 1 N–H and O–H groups in total. The van der Waals surface area contributed by atoms with Crippen LogP contribution in [-0.2, 0) is 10.3 Å². The van der Waals surface area contributed by atoms with E-state index in [9.17, 15) is 13.6 Å². The van der Waals surface area contributed by atoms with E-state index in [-0.39, 0.29) is 23.0 Å². The Morgan fingerprint density at radius 1 is 0.878 bits per heavy atom. The molecule has 208 valence electrons. The van der Waals surface area contributed by atoms with Gasteiger partial charge in [0.25, 0.3) is 6.43 Å². The number of hydrogen-bond donors (Lipinski definition) is 1. The molecule has 0 radical (unpaired) electrons. The first kappa shape index (κ1) is 25.7. The fraction of sp³-hybridized carbons (Fsp3) is 0.265. The summed E-state index contributed by atoms with van der Waals surface area (Å²) in [5.74, 6) is 1.13. The Labute approximate surface area is 237 Å². The zero-order valence-corrected chi connectivity index (χ0v) is 22.5. The van der Waals surface area contributed by atoms with Gasteiger partial charge in [0, 0.05) is 34.7 Å². The number of ether oxygens (including phenoxy) is 3. The average Bonchev–Trinajstić information content (AvgIpc) is 3.30. The van der Waals surface area contributed by atoms with E-state index < -0.39 is 18.0 Å². The van der Waals surface area contributed by atoms with Crippen LogP contribution in [0.5, 0.6) is 17.2 Å². The lowest BCUT2D eigenvalue weighted by atomic mass is 9.73. The van der Waals surface area contributed by atoms with Crippen molar-refractivity contribution in [2.45, 2.75) is 37.9 Å². The Morgan fingerprint density at radius 3 is 2.44 bits per heavy atom. The smallest absolute Gasteiger partial charge is 0.340 e. The third-order valence-electron chi connectivity index (χ3n) is 8.50. The number of esters is 1. The lowest BCUT2D eigenvalue weighted by Crippen LogP contribution is -2.38. The number of benzene rings is 4. The van der Waals surface area contributed by atoms with Gasteiger partial charge in [0.15, 0.2) is 5.60 Å². The molecule has 0 saturated carbocycles. The van der Waals surface area contributed by atoms with Crippen molar-refractivity contribution in [1.29, 1.82) is 0 Å². The molecule has 41 heavy (non-hydrogen) atoms. The second kappa shape index (κ2) is 10.00. The summed E-state index contributed by atoms with van der Waals surface area (Å²) in [6, 6.07) is 24.8. The molecule has 1 fully saturated rings. The minimum absolute atomic E-state index is 0.0532. The van der Waals surface area contributed by atoms with Crippen LogP contribution in [0, 0.1) is 5.92 Å². The molecule has 1 saturated heterocycles. The highest BCUT2D eigenvalue weighted by atomic mass is 19.3. The van der Waals surface area contributed by atoms with Crippen LogP contribution >= 0.6 is 0 Å². The van der Waals surface area contributed by atoms with Crippen LogP contribution < -0.4 is 14.8 Å². The van der Waals surface area contributed by atoms with Crippen molar-refractivity contribution in [1.82, 2.24) is 5.32 Å². The molecule has 3 aliphatic heterocycles. The number of carbonyl (C=O) groups is 1. The standard InChI is InChI=1S/C34H29F2NO4/c1-20(21-9-8-18-37-19-21)39-27-15-4-2-10-22(27)23-11-6-13-25-30(23)34(41-33(25)38)26-14-3-5-16-28(26)40-29-17-7-12-24(31(29)34)32(35)36/h2-7,10-17,20-21,32,37H,8-9,18-19H2,1H3/t20-,21-,34+/m0/s1. The Hall–Kier alpha value is -4.23. The van der Waals surface area contributed by atoms with E-state index >= 15 is 0 Å². The van der Waals surface area contributed by atoms with Crippen molar-refractivity contribution >= 4 is 5.97 Å². The molecule has 7 heteroatoms. The second-order valence-electron chi connectivity index (χ2n) is 10.8. The van der Waals surface area contributed by atoms with E-state index in [1.807, 2.05) is 36.4 Å². The van der Waals surface area contributed by atoms with Gasteiger partial charge in [-0.2, -0.15) is 0 Å². The van der Waals surface area contributed by atoms with Crippen LogP contribution in [0.25, 0.3) is 11.1 Å². The highest BCUT2D eigenvalue weighted by molar-refractivity contribution is 6.00. The fourth-order valence-corrected chi connectivity index (χ4v) is 6.60. The maximum atomic E-state index is 14.6. The van der Waals surface area contributed by atoms with Crippen molar-refractivity contribution < 1.29 is 27.8 Å². The van der Waals surface area contributed by atoms with E-state index in [4.69, 9.17) is 14.2 Å². The summed E-state index contributed by atoms with van der Waals surface area (Å²) in [6.07, 6.45) is -0.692. The predicted molar refractivity (Wildman–Crippen MR) is 151 cm³/mol. The first-order valence-corrected chi connectivity index (χ1v) is 14.0. The second-order valence-corrected chi connectivity index (χ2v) is 10.8. The Bertz CT molecular complexity index is 1650. The topological polar surface area (TPSA) is 56.8 Å². The van der Waals surface area contributed by atoms with Crippen LogP contribution in [-0.4, -0.2) is 25.2 Å². The van der Waals surface area contributed by atoms with Gasteiger partial charge in [-0.1, -0.05) is 60.7 Å². The molecule has 4 aromatic carbocycles. The van der Waals surface area contributed by atoms with Crippen molar-refractivity contribution in [2.75, 3.05) is 13.1 Å². The third kappa shape index (κ3) is 4.02. The van der Waals surface area contributed by atoms with Crippen molar-refractivity contribution in [3.8, 4) is 28.4 Å². The van der Waals surface area contributed by atoms with Gasteiger partial charge in [-0.05, 0) is 56.1 Å². The molecule has 7 rings (SSSR count). The monoisotopic (exact) mass is 553 g/mol. The van der Waals surface area contributed by atoms with Crippen molar-refractivity contribution in [2.24, 2.45) is 5.92 Å². The number of piperidine rings is 1. The third-order valence-corrected chi connectivity index (χ3v) is 8.50. The number of fused-ring (bicyclic) bond motifs is 6. The maximum absolute atomic E-state index is 14.6. The molecule has 0 aliphatic carbocycles. The maximum Gasteiger partial charge on any atom is 0.340 e. The Balaban J connectivity index is 1.47. The number of halogens is 2. The van der Waals surface area contributed by atoms with Crippen LogP contribution in [0.2, 0.25) is 0 Å². The molecular weight excluding hydrogens is 524 g/mol. The number of nitrogens with one attached hydrogen (secondary N) is 1.